The van der Waals surface area contributed by atoms with Crippen molar-refractivity contribution in [1.29, 1.82) is 0 Å². The smallest absolute Gasteiger partial charge is 0.259 e. The fourth-order valence-corrected chi connectivity index (χ4v) is 4.04. The van der Waals surface area contributed by atoms with Gasteiger partial charge in [-0.2, -0.15) is 0 Å². The number of carbonyl (C=O) groups excluding carboxylic acids is 1. The molecule has 2 aliphatic rings. The molecular weight excluding hydrogens is 392 g/mol. The largest absolute Gasteiger partial charge is 0.493 e. The Labute approximate surface area is 183 Å². The Morgan fingerprint density at radius 3 is 2.61 bits per heavy atom. The van der Waals surface area contributed by atoms with Crippen molar-refractivity contribution in [1.82, 2.24) is 10.8 Å². The quantitative estimate of drug-likeness (QED) is 0.686. The topological polar surface area (TPSA) is 68.8 Å². The van der Waals surface area contributed by atoms with Gasteiger partial charge in [0.25, 0.3) is 5.91 Å². The van der Waals surface area contributed by atoms with Crippen LogP contribution in [0.2, 0.25) is 0 Å². The van der Waals surface area contributed by atoms with Gasteiger partial charge in [0.1, 0.15) is 0 Å². The first-order valence-electron chi connectivity index (χ1n) is 10.9. The summed E-state index contributed by atoms with van der Waals surface area (Å²) in [4.78, 5) is 18.7. The summed E-state index contributed by atoms with van der Waals surface area (Å²) in [5.74, 6) is 1.21. The summed E-state index contributed by atoms with van der Waals surface area (Å²) >= 11 is 0. The van der Waals surface area contributed by atoms with Crippen LogP contribution < -0.4 is 20.3 Å². The summed E-state index contributed by atoms with van der Waals surface area (Å²) in [5, 5.41) is 3.04. The third kappa shape index (κ3) is 4.69. The molecule has 0 bridgehead atoms. The zero-order valence-electron chi connectivity index (χ0n) is 18.3. The van der Waals surface area contributed by atoms with E-state index in [-0.39, 0.29) is 18.1 Å². The number of carbonyl (C=O) groups is 1. The molecule has 1 unspecified atom stereocenters. The second kappa shape index (κ2) is 9.02. The number of nitrogens with one attached hydrogen (secondary N) is 2. The Morgan fingerprint density at radius 2 is 1.90 bits per heavy atom. The van der Waals surface area contributed by atoms with E-state index in [2.05, 4.69) is 10.8 Å². The highest BCUT2D eigenvalue weighted by Gasteiger charge is 2.39. The summed E-state index contributed by atoms with van der Waals surface area (Å²) in [5.41, 5.74) is 4.44. The highest BCUT2D eigenvalue weighted by molar-refractivity contribution is 5.90. The second-order valence-corrected chi connectivity index (χ2v) is 8.36. The van der Waals surface area contributed by atoms with Crippen molar-refractivity contribution < 1.29 is 19.1 Å². The second-order valence-electron chi connectivity index (χ2n) is 8.36. The normalized spacial score (nSPS) is 21.8. The lowest BCUT2D eigenvalue weighted by Gasteiger charge is -2.22. The van der Waals surface area contributed by atoms with E-state index in [1.807, 2.05) is 55.5 Å². The molecule has 2 atom stereocenters. The Balaban J connectivity index is 1.50. The molecule has 6 heteroatoms. The molecule has 2 aromatic carbocycles. The summed E-state index contributed by atoms with van der Waals surface area (Å²) in [6.45, 7) is 3.71. The van der Waals surface area contributed by atoms with Crippen LogP contribution in [-0.4, -0.2) is 24.7 Å². The Hall–Kier alpha value is -2.99. The van der Waals surface area contributed by atoms with E-state index in [9.17, 15) is 4.79 Å². The molecule has 1 amide bonds. The van der Waals surface area contributed by atoms with Crippen molar-refractivity contribution in [2.75, 3.05) is 7.11 Å². The summed E-state index contributed by atoms with van der Waals surface area (Å²) in [6.07, 6.45) is 6.55. The molecule has 0 spiro atoms. The molecule has 1 aliphatic carbocycles. The maximum Gasteiger partial charge on any atom is 0.259 e. The number of amides is 1. The van der Waals surface area contributed by atoms with Crippen LogP contribution in [0.1, 0.15) is 56.7 Å². The number of methoxy groups -OCH3 is 1. The predicted molar refractivity (Wildman–Crippen MR) is 119 cm³/mol. The molecule has 2 aromatic rings. The van der Waals surface area contributed by atoms with Crippen molar-refractivity contribution in [3.63, 3.8) is 0 Å². The molecule has 0 saturated heterocycles. The van der Waals surface area contributed by atoms with E-state index in [0.29, 0.717) is 11.5 Å². The van der Waals surface area contributed by atoms with Gasteiger partial charge in [-0.3, -0.25) is 15.1 Å². The predicted octanol–water partition coefficient (Wildman–Crippen LogP) is 4.53. The number of hydroxylamine groups is 1. The zero-order chi connectivity index (χ0) is 21.8. The monoisotopic (exact) mass is 422 g/mol. The molecule has 1 aliphatic heterocycles. The van der Waals surface area contributed by atoms with Gasteiger partial charge in [0, 0.05) is 5.56 Å². The summed E-state index contributed by atoms with van der Waals surface area (Å²) < 4.78 is 11.7. The Bertz CT molecular complexity index is 953. The van der Waals surface area contributed by atoms with Crippen LogP contribution in [0.15, 0.2) is 54.6 Å². The minimum absolute atomic E-state index is 0.126. The number of hydrogen-bond acceptors (Lipinski definition) is 5. The third-order valence-corrected chi connectivity index (χ3v) is 5.96. The SMILES string of the molecule is COc1ccc(C2=C[C@@](C)(C(=O)NC(C)c3ccccc3)ON2)cc1OC1CCCC1. The van der Waals surface area contributed by atoms with Gasteiger partial charge in [-0.1, -0.05) is 30.3 Å². The maximum atomic E-state index is 13.0. The first-order valence-corrected chi connectivity index (χ1v) is 10.9. The first-order chi connectivity index (χ1) is 15.0. The zero-order valence-corrected chi connectivity index (χ0v) is 18.3. The molecular formula is C25H30N2O4. The fraction of sp³-hybridized carbons (Fsp3) is 0.400. The molecule has 1 heterocycles. The molecule has 164 valence electrons. The minimum Gasteiger partial charge on any atom is -0.493 e. The van der Waals surface area contributed by atoms with E-state index in [0.717, 1.165) is 29.7 Å². The van der Waals surface area contributed by atoms with Crippen molar-refractivity contribution in [3.05, 3.63) is 65.7 Å². The van der Waals surface area contributed by atoms with Crippen molar-refractivity contribution >= 4 is 11.6 Å². The van der Waals surface area contributed by atoms with Gasteiger partial charge in [0.15, 0.2) is 17.1 Å². The van der Waals surface area contributed by atoms with Crippen molar-refractivity contribution in [2.24, 2.45) is 0 Å². The van der Waals surface area contributed by atoms with E-state index in [1.165, 1.54) is 12.8 Å². The Morgan fingerprint density at radius 1 is 1.16 bits per heavy atom. The number of rotatable bonds is 7. The molecule has 1 fully saturated rings. The molecule has 2 N–H and O–H groups in total. The average molecular weight is 423 g/mol. The maximum absolute atomic E-state index is 13.0. The fourth-order valence-electron chi connectivity index (χ4n) is 4.04. The third-order valence-electron chi connectivity index (χ3n) is 5.96. The highest BCUT2D eigenvalue weighted by atomic mass is 16.7. The van der Waals surface area contributed by atoms with Gasteiger partial charge in [0.2, 0.25) is 0 Å². The van der Waals surface area contributed by atoms with Crippen LogP contribution in [0.3, 0.4) is 0 Å². The summed E-state index contributed by atoms with van der Waals surface area (Å²) in [7, 11) is 1.64. The van der Waals surface area contributed by atoms with Gasteiger partial charge in [-0.05, 0) is 69.4 Å². The molecule has 0 aromatic heterocycles. The lowest BCUT2D eigenvalue weighted by atomic mass is 10.0. The van der Waals surface area contributed by atoms with Crippen LogP contribution in [0.5, 0.6) is 11.5 Å². The average Bonchev–Trinajstić information content (AvgIpc) is 3.45. The van der Waals surface area contributed by atoms with E-state index in [4.69, 9.17) is 14.3 Å². The van der Waals surface area contributed by atoms with Crippen LogP contribution in [0.4, 0.5) is 0 Å². The van der Waals surface area contributed by atoms with E-state index >= 15 is 0 Å². The van der Waals surface area contributed by atoms with Crippen LogP contribution in [-0.2, 0) is 9.63 Å². The Kier molecular flexibility index (Phi) is 6.18. The molecule has 1 saturated carbocycles. The van der Waals surface area contributed by atoms with E-state index < -0.39 is 5.60 Å². The van der Waals surface area contributed by atoms with Gasteiger partial charge in [-0.15, -0.1) is 0 Å². The molecule has 0 radical (unpaired) electrons. The highest BCUT2D eigenvalue weighted by Crippen LogP contribution is 2.35. The van der Waals surface area contributed by atoms with Crippen LogP contribution in [0.25, 0.3) is 5.70 Å². The van der Waals surface area contributed by atoms with Crippen molar-refractivity contribution in [2.45, 2.75) is 57.3 Å². The summed E-state index contributed by atoms with van der Waals surface area (Å²) in [6, 6.07) is 15.5. The number of ether oxygens (including phenoxy) is 2. The van der Waals surface area contributed by atoms with Gasteiger partial charge in [0.05, 0.1) is 25.0 Å². The van der Waals surface area contributed by atoms with Crippen molar-refractivity contribution in [3.8, 4) is 11.5 Å². The van der Waals surface area contributed by atoms with Crippen LogP contribution >= 0.6 is 0 Å². The molecule has 31 heavy (non-hydrogen) atoms. The number of benzene rings is 2. The van der Waals surface area contributed by atoms with Crippen LogP contribution in [0, 0.1) is 0 Å². The van der Waals surface area contributed by atoms with E-state index in [1.54, 1.807) is 20.1 Å². The lowest BCUT2D eigenvalue weighted by Crippen LogP contribution is -2.45. The minimum atomic E-state index is -1.12. The number of hydrogen-bond donors (Lipinski definition) is 2. The standard InChI is InChI=1S/C25H30N2O4/c1-17(18-9-5-4-6-10-18)26-24(28)25(2)16-21(27-31-25)19-13-14-22(29-3)23(15-19)30-20-11-7-8-12-20/h4-6,9-10,13-17,20,27H,7-8,11-12H2,1-3H3,(H,26,28)/t17?,25-/m0/s1. The molecule has 6 nitrogen and oxygen atoms in total. The lowest BCUT2D eigenvalue weighted by molar-refractivity contribution is -0.142. The first kappa shape index (κ1) is 21.2. The van der Waals surface area contributed by atoms with Gasteiger partial charge in [-0.25, -0.2) is 0 Å². The molecule has 4 rings (SSSR count). The van der Waals surface area contributed by atoms with Gasteiger partial charge >= 0.3 is 0 Å². The van der Waals surface area contributed by atoms with Gasteiger partial charge < -0.3 is 14.8 Å².